The van der Waals surface area contributed by atoms with Gasteiger partial charge in [0.2, 0.25) is 0 Å². The topological polar surface area (TPSA) is 81.7 Å². The molecule has 1 aliphatic rings. The summed E-state index contributed by atoms with van der Waals surface area (Å²) < 4.78 is 6.13. The molecule has 0 saturated heterocycles. The first-order valence-electron chi connectivity index (χ1n) is 9.59. The maximum absolute atomic E-state index is 9.36. The van der Waals surface area contributed by atoms with Gasteiger partial charge in [-0.1, -0.05) is 18.2 Å². The minimum atomic E-state index is -0.0221. The fourth-order valence-corrected chi connectivity index (χ4v) is 3.96. The Morgan fingerprint density at radius 2 is 2.00 bits per heavy atom. The standard InChI is InChI=1S/C23H19N5O/c24-13-16-5-1-2-6-18(16)21-9-8-17(29-21)14-28-12-10-19-22(27-15-26-19)23(28)20-7-3-4-11-25-20/h1-9,11,15,23H,10,12,14H2,(H,26,27)/t23-/m0/s1. The number of aromatic amines is 1. The first-order valence-corrected chi connectivity index (χ1v) is 9.59. The highest BCUT2D eigenvalue weighted by Gasteiger charge is 2.32. The largest absolute Gasteiger partial charge is 0.460 e. The molecule has 1 N–H and O–H groups in total. The van der Waals surface area contributed by atoms with Gasteiger partial charge in [0.25, 0.3) is 0 Å². The molecule has 0 aliphatic carbocycles. The van der Waals surface area contributed by atoms with Crippen LogP contribution >= 0.6 is 0 Å². The second-order valence-corrected chi connectivity index (χ2v) is 7.07. The average molecular weight is 381 g/mol. The predicted molar refractivity (Wildman–Crippen MR) is 108 cm³/mol. The summed E-state index contributed by atoms with van der Waals surface area (Å²) in [6, 6.07) is 19.6. The summed E-state index contributed by atoms with van der Waals surface area (Å²) in [5.74, 6) is 1.57. The van der Waals surface area contributed by atoms with Gasteiger partial charge in [-0.25, -0.2) is 4.98 Å². The number of fused-ring (bicyclic) bond motifs is 1. The Bertz CT molecular complexity index is 1170. The van der Waals surface area contributed by atoms with Crippen LogP contribution in [0.4, 0.5) is 0 Å². The van der Waals surface area contributed by atoms with Crippen LogP contribution in [0.2, 0.25) is 0 Å². The van der Waals surface area contributed by atoms with Crippen molar-refractivity contribution in [2.75, 3.05) is 6.54 Å². The molecule has 4 aromatic rings. The van der Waals surface area contributed by atoms with Crippen molar-refractivity contribution < 1.29 is 4.42 Å². The van der Waals surface area contributed by atoms with Crippen LogP contribution < -0.4 is 0 Å². The highest BCUT2D eigenvalue weighted by molar-refractivity contribution is 5.66. The van der Waals surface area contributed by atoms with Gasteiger partial charge in [0.05, 0.1) is 41.9 Å². The van der Waals surface area contributed by atoms with Crippen LogP contribution in [0.15, 0.2) is 71.5 Å². The number of nitriles is 1. The number of pyridine rings is 1. The molecule has 3 aromatic heterocycles. The van der Waals surface area contributed by atoms with E-state index in [4.69, 9.17) is 4.42 Å². The second-order valence-electron chi connectivity index (χ2n) is 7.07. The molecule has 29 heavy (non-hydrogen) atoms. The minimum absolute atomic E-state index is 0.0221. The van der Waals surface area contributed by atoms with E-state index in [0.717, 1.165) is 35.7 Å². The number of H-pyrrole nitrogens is 1. The molecule has 0 radical (unpaired) electrons. The summed E-state index contributed by atoms with van der Waals surface area (Å²) in [7, 11) is 0. The monoisotopic (exact) mass is 381 g/mol. The average Bonchev–Trinajstić information content (AvgIpc) is 3.44. The zero-order valence-electron chi connectivity index (χ0n) is 15.7. The number of benzene rings is 1. The third-order valence-electron chi connectivity index (χ3n) is 5.33. The summed E-state index contributed by atoms with van der Waals surface area (Å²) in [5.41, 5.74) is 4.59. The lowest BCUT2D eigenvalue weighted by Gasteiger charge is -2.33. The van der Waals surface area contributed by atoms with E-state index in [-0.39, 0.29) is 6.04 Å². The highest BCUT2D eigenvalue weighted by atomic mass is 16.3. The molecule has 6 nitrogen and oxygen atoms in total. The van der Waals surface area contributed by atoms with Crippen molar-refractivity contribution in [3.8, 4) is 17.4 Å². The zero-order valence-corrected chi connectivity index (χ0v) is 15.7. The molecule has 0 saturated carbocycles. The summed E-state index contributed by atoms with van der Waals surface area (Å²) in [6.45, 7) is 1.52. The Hall–Kier alpha value is -3.69. The molecule has 0 amide bonds. The fourth-order valence-electron chi connectivity index (χ4n) is 3.96. The molecule has 1 aliphatic heterocycles. The molecular weight excluding hydrogens is 362 g/mol. The van der Waals surface area contributed by atoms with Gasteiger partial charge in [-0.15, -0.1) is 0 Å². The second kappa shape index (κ2) is 7.38. The number of hydrogen-bond donors (Lipinski definition) is 1. The van der Waals surface area contributed by atoms with Crippen molar-refractivity contribution >= 4 is 0 Å². The van der Waals surface area contributed by atoms with Crippen LogP contribution in [-0.4, -0.2) is 26.4 Å². The third kappa shape index (κ3) is 3.22. The first-order chi connectivity index (χ1) is 14.3. The van der Waals surface area contributed by atoms with Gasteiger partial charge in [-0.3, -0.25) is 9.88 Å². The van der Waals surface area contributed by atoms with E-state index < -0.39 is 0 Å². The van der Waals surface area contributed by atoms with E-state index in [0.29, 0.717) is 17.9 Å². The van der Waals surface area contributed by atoms with Crippen LogP contribution in [0.3, 0.4) is 0 Å². The molecule has 0 spiro atoms. The molecule has 4 heterocycles. The Morgan fingerprint density at radius 3 is 2.86 bits per heavy atom. The van der Waals surface area contributed by atoms with E-state index in [1.54, 1.807) is 12.4 Å². The van der Waals surface area contributed by atoms with E-state index in [9.17, 15) is 5.26 Å². The zero-order chi connectivity index (χ0) is 19.6. The maximum Gasteiger partial charge on any atom is 0.135 e. The fraction of sp³-hybridized carbons (Fsp3) is 0.174. The van der Waals surface area contributed by atoms with Crippen molar-refractivity contribution in [3.63, 3.8) is 0 Å². The van der Waals surface area contributed by atoms with Crippen LogP contribution in [0, 0.1) is 11.3 Å². The van der Waals surface area contributed by atoms with Crippen molar-refractivity contribution in [2.45, 2.75) is 19.0 Å². The van der Waals surface area contributed by atoms with Crippen LogP contribution in [0.25, 0.3) is 11.3 Å². The van der Waals surface area contributed by atoms with Crippen molar-refractivity contribution in [2.24, 2.45) is 0 Å². The molecular formula is C23H19N5O. The van der Waals surface area contributed by atoms with Gasteiger partial charge < -0.3 is 9.40 Å². The SMILES string of the molecule is N#Cc1ccccc1-c1ccc(CN2CCc3[nH]cnc3[C@@H]2c2ccccn2)o1. The normalized spacial score (nSPS) is 16.3. The summed E-state index contributed by atoms with van der Waals surface area (Å²) >= 11 is 0. The van der Waals surface area contributed by atoms with E-state index in [2.05, 4.69) is 25.9 Å². The van der Waals surface area contributed by atoms with E-state index >= 15 is 0 Å². The molecule has 0 fully saturated rings. The molecule has 0 bridgehead atoms. The van der Waals surface area contributed by atoms with Crippen LogP contribution in [0.5, 0.6) is 0 Å². The summed E-state index contributed by atoms with van der Waals surface area (Å²) in [4.78, 5) is 14.8. The predicted octanol–water partition coefficient (Wildman–Crippen LogP) is 4.08. The Kier molecular flexibility index (Phi) is 4.43. The van der Waals surface area contributed by atoms with Crippen LogP contribution in [0.1, 0.15) is 34.4 Å². The number of aromatic nitrogens is 3. The lowest BCUT2D eigenvalue weighted by atomic mass is 9.99. The number of imidazole rings is 1. The van der Waals surface area contributed by atoms with Gasteiger partial charge in [0, 0.05) is 30.4 Å². The van der Waals surface area contributed by atoms with Gasteiger partial charge in [0.15, 0.2) is 0 Å². The van der Waals surface area contributed by atoms with Crippen molar-refractivity contribution in [3.05, 3.63) is 95.5 Å². The summed E-state index contributed by atoms with van der Waals surface area (Å²) in [6.07, 6.45) is 4.48. The van der Waals surface area contributed by atoms with Crippen molar-refractivity contribution in [1.29, 1.82) is 5.26 Å². The molecule has 5 rings (SSSR count). The number of furan rings is 1. The molecule has 1 aromatic carbocycles. The van der Waals surface area contributed by atoms with Gasteiger partial charge in [-0.05, 0) is 36.4 Å². The number of nitrogens with one attached hydrogen (secondary N) is 1. The first kappa shape index (κ1) is 17.4. The molecule has 6 heteroatoms. The van der Waals surface area contributed by atoms with Gasteiger partial charge in [0.1, 0.15) is 11.5 Å². The molecule has 1 atom stereocenters. The number of rotatable bonds is 4. The lowest BCUT2D eigenvalue weighted by molar-refractivity contribution is 0.183. The minimum Gasteiger partial charge on any atom is -0.460 e. The highest BCUT2D eigenvalue weighted by Crippen LogP contribution is 2.34. The van der Waals surface area contributed by atoms with E-state index in [1.807, 2.05) is 54.7 Å². The van der Waals surface area contributed by atoms with Gasteiger partial charge >= 0.3 is 0 Å². The Balaban J connectivity index is 1.46. The number of hydrogen-bond acceptors (Lipinski definition) is 5. The maximum atomic E-state index is 9.36. The molecule has 0 unspecified atom stereocenters. The Morgan fingerprint density at radius 1 is 1.10 bits per heavy atom. The van der Waals surface area contributed by atoms with Gasteiger partial charge in [-0.2, -0.15) is 5.26 Å². The summed E-state index contributed by atoms with van der Waals surface area (Å²) in [5, 5.41) is 9.36. The van der Waals surface area contributed by atoms with Crippen LogP contribution in [-0.2, 0) is 13.0 Å². The van der Waals surface area contributed by atoms with E-state index in [1.165, 1.54) is 5.69 Å². The smallest absolute Gasteiger partial charge is 0.135 e. The third-order valence-corrected chi connectivity index (χ3v) is 5.33. The van der Waals surface area contributed by atoms with Crippen molar-refractivity contribution in [1.82, 2.24) is 19.9 Å². The number of nitrogens with zero attached hydrogens (tertiary/aromatic N) is 4. The lowest BCUT2D eigenvalue weighted by Crippen LogP contribution is -2.36. The molecule has 142 valence electrons. The Labute approximate surface area is 168 Å². The quantitative estimate of drug-likeness (QED) is 0.576.